The van der Waals surface area contributed by atoms with Crippen LogP contribution in [-0.2, 0) is 6.54 Å². The van der Waals surface area contributed by atoms with E-state index in [9.17, 15) is 4.79 Å². The number of imidazole rings is 1. The number of hydrogen-bond acceptors (Lipinski definition) is 7. The van der Waals surface area contributed by atoms with Crippen LogP contribution in [0.2, 0.25) is 0 Å². The monoisotopic (exact) mass is 330 g/mol. The van der Waals surface area contributed by atoms with E-state index < -0.39 is 0 Å². The van der Waals surface area contributed by atoms with Gasteiger partial charge in [-0.3, -0.25) is 4.79 Å². The molecule has 3 N–H and O–H groups in total. The summed E-state index contributed by atoms with van der Waals surface area (Å²) < 4.78 is 7.16. The zero-order valence-electron chi connectivity index (χ0n) is 13.9. The molecule has 0 atom stereocenters. The van der Waals surface area contributed by atoms with E-state index in [0.717, 1.165) is 19.5 Å². The number of nitrogens with zero attached hydrogens (tertiary/aromatic N) is 4. The fraction of sp³-hybridized carbons (Fsp3) is 0.375. The topological polar surface area (TPSA) is 119 Å². The van der Waals surface area contributed by atoms with Gasteiger partial charge in [0.2, 0.25) is 5.88 Å². The standard InChI is InChI=1S/C9H9N3O2.C7H13N3/c1-2-14-9-7(4-10)8(11)3-6(5-13)12-9;1-8-3-2-5-10-6-4-9-7-10/h3,5H,2H2,1H3,(H2,11,12);4,6-8H,2-3,5H2,1H3. The second-order valence-corrected chi connectivity index (χ2v) is 4.74. The molecule has 2 rings (SSSR count). The molecule has 0 aliphatic heterocycles. The quantitative estimate of drug-likeness (QED) is 0.579. The summed E-state index contributed by atoms with van der Waals surface area (Å²) in [6, 6.07) is 3.21. The van der Waals surface area contributed by atoms with E-state index in [1.807, 2.05) is 25.6 Å². The summed E-state index contributed by atoms with van der Waals surface area (Å²) in [4.78, 5) is 18.2. The number of anilines is 1. The highest BCUT2D eigenvalue weighted by atomic mass is 16.5. The number of carbonyl (C=O) groups excluding carboxylic acids is 1. The van der Waals surface area contributed by atoms with Crippen molar-refractivity contribution in [2.24, 2.45) is 0 Å². The Morgan fingerprint density at radius 1 is 1.54 bits per heavy atom. The van der Waals surface area contributed by atoms with Gasteiger partial charge in [-0.1, -0.05) is 0 Å². The summed E-state index contributed by atoms with van der Waals surface area (Å²) in [7, 11) is 1.97. The van der Waals surface area contributed by atoms with Gasteiger partial charge in [-0.05, 0) is 33.0 Å². The minimum Gasteiger partial charge on any atom is -0.477 e. The first-order valence-electron chi connectivity index (χ1n) is 7.55. The van der Waals surface area contributed by atoms with Crippen molar-refractivity contribution >= 4 is 12.0 Å². The number of nitrogens with one attached hydrogen (secondary N) is 1. The van der Waals surface area contributed by atoms with Crippen LogP contribution in [0.3, 0.4) is 0 Å². The van der Waals surface area contributed by atoms with E-state index in [1.165, 1.54) is 6.07 Å². The molecule has 0 radical (unpaired) electrons. The van der Waals surface area contributed by atoms with Crippen LogP contribution in [0, 0.1) is 11.3 Å². The fourth-order valence-electron chi connectivity index (χ4n) is 1.83. The second-order valence-electron chi connectivity index (χ2n) is 4.74. The van der Waals surface area contributed by atoms with E-state index >= 15 is 0 Å². The highest BCUT2D eigenvalue weighted by Gasteiger charge is 2.10. The second kappa shape index (κ2) is 10.7. The van der Waals surface area contributed by atoms with Crippen molar-refractivity contribution in [1.82, 2.24) is 19.9 Å². The van der Waals surface area contributed by atoms with Gasteiger partial charge in [-0.2, -0.15) is 5.26 Å². The van der Waals surface area contributed by atoms with Crippen molar-refractivity contribution in [3.8, 4) is 11.9 Å². The molecule has 0 aliphatic rings. The van der Waals surface area contributed by atoms with Crippen molar-refractivity contribution in [2.75, 3.05) is 25.9 Å². The summed E-state index contributed by atoms with van der Waals surface area (Å²) in [5, 5.41) is 11.8. The molecular weight excluding hydrogens is 308 g/mol. The number of pyridine rings is 1. The molecule has 2 aromatic heterocycles. The maximum atomic E-state index is 10.5. The van der Waals surface area contributed by atoms with Crippen LogP contribution in [0.25, 0.3) is 0 Å². The van der Waals surface area contributed by atoms with Gasteiger partial charge in [-0.25, -0.2) is 9.97 Å². The van der Waals surface area contributed by atoms with Crippen LogP contribution in [0.5, 0.6) is 5.88 Å². The number of carbonyl (C=O) groups is 1. The number of aromatic nitrogens is 3. The number of ether oxygens (including phenoxy) is 1. The molecule has 128 valence electrons. The maximum absolute atomic E-state index is 10.5. The van der Waals surface area contributed by atoms with E-state index in [2.05, 4.69) is 19.9 Å². The van der Waals surface area contributed by atoms with Gasteiger partial charge in [0.1, 0.15) is 17.3 Å². The predicted molar refractivity (Wildman–Crippen MR) is 90.7 cm³/mol. The number of aldehydes is 1. The highest BCUT2D eigenvalue weighted by molar-refractivity contribution is 5.76. The first-order chi connectivity index (χ1) is 11.7. The Labute approximate surface area is 141 Å². The maximum Gasteiger partial charge on any atom is 0.234 e. The van der Waals surface area contributed by atoms with Crippen LogP contribution in [0.1, 0.15) is 29.4 Å². The summed E-state index contributed by atoms with van der Waals surface area (Å²) in [5.41, 5.74) is 6.06. The van der Waals surface area contributed by atoms with Gasteiger partial charge < -0.3 is 20.4 Å². The lowest BCUT2D eigenvalue weighted by molar-refractivity contribution is 0.111. The Balaban J connectivity index is 0.000000254. The number of nitriles is 1. The van der Waals surface area contributed by atoms with Crippen LogP contribution >= 0.6 is 0 Å². The van der Waals surface area contributed by atoms with Crippen molar-refractivity contribution in [3.05, 3.63) is 36.0 Å². The Bertz CT molecular complexity index is 664. The third-order valence-corrected chi connectivity index (χ3v) is 2.95. The van der Waals surface area contributed by atoms with E-state index in [0.29, 0.717) is 12.9 Å². The number of nitrogens with two attached hydrogens (primary N) is 1. The smallest absolute Gasteiger partial charge is 0.234 e. The number of nitrogen functional groups attached to an aromatic ring is 1. The summed E-state index contributed by atoms with van der Waals surface area (Å²) in [5.74, 6) is 0.108. The third-order valence-electron chi connectivity index (χ3n) is 2.95. The minimum atomic E-state index is 0.108. The van der Waals surface area contributed by atoms with Crippen LogP contribution < -0.4 is 15.8 Å². The number of aryl methyl sites for hydroxylation is 1. The molecule has 0 spiro atoms. The van der Waals surface area contributed by atoms with Crippen LogP contribution in [0.4, 0.5) is 5.69 Å². The first-order valence-corrected chi connectivity index (χ1v) is 7.55. The van der Waals surface area contributed by atoms with Crippen LogP contribution in [-0.4, -0.2) is 41.0 Å². The molecule has 2 heterocycles. The Kier molecular flexibility index (Phi) is 8.57. The lowest BCUT2D eigenvalue weighted by atomic mass is 10.2. The van der Waals surface area contributed by atoms with Gasteiger partial charge in [0, 0.05) is 18.9 Å². The lowest BCUT2D eigenvalue weighted by Crippen LogP contribution is -2.10. The largest absolute Gasteiger partial charge is 0.477 e. The molecule has 0 aliphatic carbocycles. The Morgan fingerprint density at radius 3 is 2.88 bits per heavy atom. The van der Waals surface area contributed by atoms with Gasteiger partial charge in [0.25, 0.3) is 0 Å². The molecule has 0 fully saturated rings. The summed E-state index contributed by atoms with van der Waals surface area (Å²) in [6.45, 7) is 4.25. The van der Waals surface area contributed by atoms with Crippen molar-refractivity contribution in [2.45, 2.75) is 19.9 Å². The SMILES string of the molecule is CCOc1nc(C=O)cc(N)c1C#N.CNCCCn1ccnc1. The number of hydrogen-bond donors (Lipinski definition) is 2. The molecule has 24 heavy (non-hydrogen) atoms. The van der Waals surface area contributed by atoms with Crippen molar-refractivity contribution in [1.29, 1.82) is 5.26 Å². The first kappa shape index (κ1) is 19.1. The molecule has 0 saturated heterocycles. The van der Waals surface area contributed by atoms with E-state index in [-0.39, 0.29) is 22.8 Å². The summed E-state index contributed by atoms with van der Waals surface area (Å²) in [6.07, 6.45) is 7.34. The molecule has 0 aromatic carbocycles. The summed E-state index contributed by atoms with van der Waals surface area (Å²) >= 11 is 0. The zero-order valence-corrected chi connectivity index (χ0v) is 13.9. The molecular formula is C16H22N6O2. The Hall–Kier alpha value is -2.92. The normalized spacial score (nSPS) is 9.54. The molecule has 0 saturated carbocycles. The fourth-order valence-corrected chi connectivity index (χ4v) is 1.83. The molecule has 0 amide bonds. The van der Waals surface area contributed by atoms with Gasteiger partial charge in [0.05, 0.1) is 18.6 Å². The third kappa shape index (κ3) is 6.06. The van der Waals surface area contributed by atoms with Crippen molar-refractivity contribution in [3.63, 3.8) is 0 Å². The molecule has 0 unspecified atom stereocenters. The Morgan fingerprint density at radius 2 is 2.33 bits per heavy atom. The number of rotatable bonds is 7. The minimum absolute atomic E-state index is 0.108. The predicted octanol–water partition coefficient (Wildman–Crippen LogP) is 1.24. The average Bonchev–Trinajstić information content (AvgIpc) is 3.09. The molecule has 2 aromatic rings. The average molecular weight is 330 g/mol. The molecule has 8 nitrogen and oxygen atoms in total. The van der Waals surface area contributed by atoms with Crippen molar-refractivity contribution < 1.29 is 9.53 Å². The molecule has 8 heteroatoms. The lowest BCUT2D eigenvalue weighted by Gasteiger charge is -2.06. The van der Waals surface area contributed by atoms with E-state index in [1.54, 1.807) is 13.1 Å². The van der Waals surface area contributed by atoms with Gasteiger partial charge in [-0.15, -0.1) is 0 Å². The van der Waals surface area contributed by atoms with Gasteiger partial charge >= 0.3 is 0 Å². The van der Waals surface area contributed by atoms with Gasteiger partial charge in [0.15, 0.2) is 6.29 Å². The molecule has 0 bridgehead atoms. The zero-order chi connectivity index (χ0) is 17.8. The van der Waals surface area contributed by atoms with E-state index in [4.69, 9.17) is 15.7 Å². The highest BCUT2D eigenvalue weighted by Crippen LogP contribution is 2.21. The van der Waals surface area contributed by atoms with Crippen LogP contribution in [0.15, 0.2) is 24.8 Å².